The van der Waals surface area contributed by atoms with E-state index < -0.39 is 0 Å². The van der Waals surface area contributed by atoms with E-state index in [9.17, 15) is 4.79 Å². The normalized spacial score (nSPS) is 14.1. The van der Waals surface area contributed by atoms with Gasteiger partial charge in [-0.15, -0.1) is 0 Å². The van der Waals surface area contributed by atoms with Crippen molar-refractivity contribution in [1.82, 2.24) is 0 Å². The van der Waals surface area contributed by atoms with E-state index in [-0.39, 0.29) is 5.78 Å². The highest BCUT2D eigenvalue weighted by Crippen LogP contribution is 2.19. The van der Waals surface area contributed by atoms with Crippen molar-refractivity contribution in [2.24, 2.45) is 4.99 Å². The number of carbonyl (C=O) groups excluding carboxylic acids is 1. The van der Waals surface area contributed by atoms with Crippen LogP contribution in [0.5, 0.6) is 0 Å². The molecule has 0 aliphatic carbocycles. The summed E-state index contributed by atoms with van der Waals surface area (Å²) < 4.78 is 0. The van der Waals surface area contributed by atoms with Gasteiger partial charge >= 0.3 is 0 Å². The van der Waals surface area contributed by atoms with E-state index in [0.717, 1.165) is 16.7 Å². The lowest BCUT2D eigenvalue weighted by molar-refractivity contribution is 0.106. The van der Waals surface area contributed by atoms with Crippen LogP contribution in [0.2, 0.25) is 0 Å². The first kappa shape index (κ1) is 9.97. The summed E-state index contributed by atoms with van der Waals surface area (Å²) in [4.78, 5) is 16.7. The molecule has 0 atom stereocenters. The highest BCUT2D eigenvalue weighted by molar-refractivity contribution is 6.52. The quantitative estimate of drug-likeness (QED) is 0.728. The van der Waals surface area contributed by atoms with E-state index in [4.69, 9.17) is 0 Å². The molecule has 0 radical (unpaired) electrons. The maximum absolute atomic E-state index is 12.3. The number of carbonyl (C=O) groups is 1. The molecule has 0 amide bonds. The molecule has 0 unspecified atom stereocenters. The van der Waals surface area contributed by atoms with Crippen LogP contribution in [0.25, 0.3) is 0 Å². The predicted octanol–water partition coefficient (Wildman–Crippen LogP) is 2.87. The molecule has 0 spiro atoms. The van der Waals surface area contributed by atoms with Crippen molar-refractivity contribution >= 4 is 11.5 Å². The van der Waals surface area contributed by atoms with Gasteiger partial charge < -0.3 is 0 Å². The van der Waals surface area contributed by atoms with Gasteiger partial charge in [-0.2, -0.15) is 0 Å². The molecular weight excluding hydrogens is 210 g/mol. The Kier molecular flexibility index (Phi) is 2.33. The van der Waals surface area contributed by atoms with Gasteiger partial charge in [0.15, 0.2) is 0 Å². The highest BCUT2D eigenvalue weighted by atomic mass is 16.1. The zero-order valence-corrected chi connectivity index (χ0v) is 9.26. The summed E-state index contributed by atoms with van der Waals surface area (Å²) in [7, 11) is 0. The summed E-state index contributed by atoms with van der Waals surface area (Å²) in [6, 6.07) is 17.3. The summed E-state index contributed by atoms with van der Waals surface area (Å²) in [5.41, 5.74) is 3.26. The van der Waals surface area contributed by atoms with Crippen LogP contribution in [0.3, 0.4) is 0 Å². The van der Waals surface area contributed by atoms with Crippen molar-refractivity contribution in [3.8, 4) is 0 Å². The standard InChI is InChI=1S/C15H11NO/c17-15-13-9-5-4-8-12(13)10-16-14(15)11-6-2-1-3-7-11/h1-9H,10H2. The van der Waals surface area contributed by atoms with Gasteiger partial charge in [-0.05, 0) is 5.56 Å². The van der Waals surface area contributed by atoms with Crippen molar-refractivity contribution in [3.05, 3.63) is 71.3 Å². The molecule has 0 saturated heterocycles. The third-order valence-corrected chi connectivity index (χ3v) is 2.93. The average molecular weight is 221 g/mol. The van der Waals surface area contributed by atoms with Crippen molar-refractivity contribution in [2.75, 3.05) is 0 Å². The summed E-state index contributed by atoms with van der Waals surface area (Å²) in [5, 5.41) is 0. The van der Waals surface area contributed by atoms with E-state index in [0.29, 0.717) is 12.3 Å². The van der Waals surface area contributed by atoms with E-state index >= 15 is 0 Å². The molecule has 2 aromatic carbocycles. The van der Waals surface area contributed by atoms with E-state index in [1.54, 1.807) is 0 Å². The van der Waals surface area contributed by atoms with Crippen molar-refractivity contribution in [2.45, 2.75) is 6.54 Å². The Labute approximate surface area is 99.6 Å². The predicted molar refractivity (Wildman–Crippen MR) is 67.5 cm³/mol. The zero-order valence-electron chi connectivity index (χ0n) is 9.26. The topological polar surface area (TPSA) is 29.4 Å². The second-order valence-electron chi connectivity index (χ2n) is 4.02. The Bertz CT molecular complexity index is 599. The Morgan fingerprint density at radius 2 is 1.59 bits per heavy atom. The second-order valence-corrected chi connectivity index (χ2v) is 4.02. The number of nitrogens with zero attached hydrogens (tertiary/aromatic N) is 1. The third-order valence-electron chi connectivity index (χ3n) is 2.93. The van der Waals surface area contributed by atoms with Gasteiger partial charge in [0.2, 0.25) is 5.78 Å². The van der Waals surface area contributed by atoms with Gasteiger partial charge in [0.25, 0.3) is 0 Å². The summed E-state index contributed by atoms with van der Waals surface area (Å²) in [6.45, 7) is 0.589. The number of hydrogen-bond acceptors (Lipinski definition) is 2. The minimum atomic E-state index is 0.0260. The molecule has 2 aromatic rings. The fraction of sp³-hybridized carbons (Fsp3) is 0.0667. The first-order valence-electron chi connectivity index (χ1n) is 5.59. The molecule has 0 aromatic heterocycles. The lowest BCUT2D eigenvalue weighted by Gasteiger charge is -2.14. The summed E-state index contributed by atoms with van der Waals surface area (Å²) in [6.07, 6.45) is 0. The van der Waals surface area contributed by atoms with E-state index in [1.165, 1.54) is 0 Å². The number of rotatable bonds is 1. The third kappa shape index (κ3) is 1.68. The fourth-order valence-electron chi connectivity index (χ4n) is 2.06. The van der Waals surface area contributed by atoms with Crippen LogP contribution in [0.1, 0.15) is 21.5 Å². The first-order valence-corrected chi connectivity index (χ1v) is 5.59. The summed E-state index contributed by atoms with van der Waals surface area (Å²) in [5.74, 6) is 0.0260. The molecule has 2 heteroatoms. The van der Waals surface area contributed by atoms with Gasteiger partial charge in [-0.3, -0.25) is 9.79 Å². The Morgan fingerprint density at radius 1 is 0.882 bits per heavy atom. The molecule has 1 heterocycles. The van der Waals surface area contributed by atoms with Crippen LogP contribution in [0.15, 0.2) is 59.6 Å². The molecular formula is C15H11NO. The largest absolute Gasteiger partial charge is 0.287 e. The van der Waals surface area contributed by atoms with E-state index in [1.807, 2.05) is 54.6 Å². The number of ketones is 1. The molecule has 0 saturated carbocycles. The molecule has 2 nitrogen and oxygen atoms in total. The second kappa shape index (κ2) is 3.98. The average Bonchev–Trinajstić information content (AvgIpc) is 2.40. The van der Waals surface area contributed by atoms with Gasteiger partial charge in [0.1, 0.15) is 5.71 Å². The molecule has 17 heavy (non-hydrogen) atoms. The van der Waals surface area contributed by atoms with E-state index in [2.05, 4.69) is 4.99 Å². The van der Waals surface area contributed by atoms with Crippen molar-refractivity contribution in [1.29, 1.82) is 0 Å². The van der Waals surface area contributed by atoms with Gasteiger partial charge in [0, 0.05) is 11.1 Å². The minimum absolute atomic E-state index is 0.0260. The molecule has 3 rings (SSSR count). The minimum Gasteiger partial charge on any atom is -0.287 e. The lowest BCUT2D eigenvalue weighted by atomic mass is 9.94. The van der Waals surface area contributed by atoms with Crippen LogP contribution in [0, 0.1) is 0 Å². The SMILES string of the molecule is O=C1C(c2ccccc2)=NCc2ccccc21. The molecule has 0 fully saturated rings. The van der Waals surface area contributed by atoms with Gasteiger partial charge in [-0.25, -0.2) is 0 Å². The van der Waals surface area contributed by atoms with Crippen LogP contribution >= 0.6 is 0 Å². The van der Waals surface area contributed by atoms with Gasteiger partial charge in [0.05, 0.1) is 6.54 Å². The smallest absolute Gasteiger partial charge is 0.211 e. The number of aliphatic imine (C=N–C) groups is 1. The van der Waals surface area contributed by atoms with Crippen LogP contribution in [0.4, 0.5) is 0 Å². The molecule has 0 bridgehead atoms. The first-order chi connectivity index (χ1) is 8.36. The van der Waals surface area contributed by atoms with Crippen LogP contribution in [-0.2, 0) is 6.54 Å². The Hall–Kier alpha value is -2.22. The molecule has 0 N–H and O–H groups in total. The summed E-state index contributed by atoms with van der Waals surface area (Å²) >= 11 is 0. The number of benzene rings is 2. The number of fused-ring (bicyclic) bond motifs is 1. The van der Waals surface area contributed by atoms with Gasteiger partial charge in [-0.1, -0.05) is 54.6 Å². The van der Waals surface area contributed by atoms with Crippen molar-refractivity contribution in [3.63, 3.8) is 0 Å². The molecule has 82 valence electrons. The van der Waals surface area contributed by atoms with Crippen LogP contribution < -0.4 is 0 Å². The monoisotopic (exact) mass is 221 g/mol. The maximum atomic E-state index is 12.3. The zero-order chi connectivity index (χ0) is 11.7. The highest BCUT2D eigenvalue weighted by Gasteiger charge is 2.22. The lowest BCUT2D eigenvalue weighted by Crippen LogP contribution is -2.21. The molecule has 1 aliphatic heterocycles. The maximum Gasteiger partial charge on any atom is 0.211 e. The number of Topliss-reactive ketones (excluding diaryl/α,β-unsaturated/α-hetero) is 1. The Balaban J connectivity index is 2.07. The number of hydrogen-bond donors (Lipinski definition) is 0. The molecule has 1 aliphatic rings. The fourth-order valence-corrected chi connectivity index (χ4v) is 2.06. The van der Waals surface area contributed by atoms with Crippen LogP contribution in [-0.4, -0.2) is 11.5 Å². The Morgan fingerprint density at radius 3 is 2.41 bits per heavy atom. The van der Waals surface area contributed by atoms with Crippen molar-refractivity contribution < 1.29 is 4.79 Å².